The molecule has 4 atom stereocenters. The van der Waals surface area contributed by atoms with Gasteiger partial charge in [0.25, 0.3) is 0 Å². The van der Waals surface area contributed by atoms with Crippen molar-refractivity contribution in [3.63, 3.8) is 0 Å². The number of hydrogen-bond donors (Lipinski definition) is 1. The van der Waals surface area contributed by atoms with Crippen LogP contribution in [-0.2, 0) is 4.79 Å². The minimum atomic E-state index is 0. The lowest BCUT2D eigenvalue weighted by Crippen LogP contribution is -2.39. The van der Waals surface area contributed by atoms with E-state index in [9.17, 15) is 4.79 Å². The molecule has 2 saturated heterocycles. The number of amides is 1. The average molecular weight is 289 g/mol. The summed E-state index contributed by atoms with van der Waals surface area (Å²) in [5.74, 6) is 2.26. The zero-order valence-corrected chi connectivity index (χ0v) is 13.3. The van der Waals surface area contributed by atoms with Crippen molar-refractivity contribution in [2.75, 3.05) is 19.6 Å². The standard InChI is InChI=1S/C15H28N2O.ClH/c1-11-6-8-17(13(11)3)15(18)9-12(2)14-5-4-7-16-10-14;/h11-14,16H,4-10H2,1-3H3;1H. The van der Waals surface area contributed by atoms with Gasteiger partial charge in [-0.05, 0) is 57.0 Å². The Morgan fingerprint density at radius 2 is 2.11 bits per heavy atom. The molecule has 0 bridgehead atoms. The monoisotopic (exact) mass is 288 g/mol. The lowest BCUT2D eigenvalue weighted by atomic mass is 9.85. The Balaban J connectivity index is 0.00000180. The Hall–Kier alpha value is -0.280. The van der Waals surface area contributed by atoms with E-state index in [1.165, 1.54) is 19.3 Å². The molecule has 3 nitrogen and oxygen atoms in total. The SMILES string of the molecule is CC(CC(=O)N1CCC(C)C1C)C1CCCNC1.Cl. The first-order valence-corrected chi connectivity index (χ1v) is 7.59. The van der Waals surface area contributed by atoms with E-state index in [-0.39, 0.29) is 12.4 Å². The molecule has 4 heteroatoms. The Morgan fingerprint density at radius 1 is 1.37 bits per heavy atom. The van der Waals surface area contributed by atoms with E-state index >= 15 is 0 Å². The Labute approximate surface area is 123 Å². The summed E-state index contributed by atoms with van der Waals surface area (Å²) in [4.78, 5) is 14.5. The highest BCUT2D eigenvalue weighted by atomic mass is 35.5. The smallest absolute Gasteiger partial charge is 0.223 e. The summed E-state index contributed by atoms with van der Waals surface area (Å²) < 4.78 is 0. The van der Waals surface area contributed by atoms with Crippen LogP contribution in [0.25, 0.3) is 0 Å². The molecular formula is C15H29ClN2O. The summed E-state index contributed by atoms with van der Waals surface area (Å²) in [6.45, 7) is 9.92. The number of carbonyl (C=O) groups is 1. The topological polar surface area (TPSA) is 32.3 Å². The van der Waals surface area contributed by atoms with Gasteiger partial charge in [-0.15, -0.1) is 12.4 Å². The molecule has 0 aromatic carbocycles. The van der Waals surface area contributed by atoms with Gasteiger partial charge in [0.05, 0.1) is 0 Å². The van der Waals surface area contributed by atoms with E-state index in [1.54, 1.807) is 0 Å². The summed E-state index contributed by atoms with van der Waals surface area (Å²) in [5, 5.41) is 3.45. The van der Waals surface area contributed by atoms with Gasteiger partial charge in [0, 0.05) is 19.0 Å². The van der Waals surface area contributed by atoms with Crippen LogP contribution in [0.1, 0.15) is 46.5 Å². The molecule has 0 saturated carbocycles. The van der Waals surface area contributed by atoms with Gasteiger partial charge in [-0.1, -0.05) is 13.8 Å². The van der Waals surface area contributed by atoms with Crippen molar-refractivity contribution >= 4 is 18.3 Å². The summed E-state index contributed by atoms with van der Waals surface area (Å²) >= 11 is 0. The van der Waals surface area contributed by atoms with E-state index < -0.39 is 0 Å². The molecule has 2 rings (SSSR count). The van der Waals surface area contributed by atoms with Gasteiger partial charge in [-0.25, -0.2) is 0 Å². The number of likely N-dealkylation sites (tertiary alicyclic amines) is 1. The number of rotatable bonds is 3. The van der Waals surface area contributed by atoms with Gasteiger partial charge >= 0.3 is 0 Å². The van der Waals surface area contributed by atoms with Crippen molar-refractivity contribution in [1.82, 2.24) is 10.2 Å². The van der Waals surface area contributed by atoms with Crippen LogP contribution in [0.15, 0.2) is 0 Å². The van der Waals surface area contributed by atoms with Crippen molar-refractivity contribution in [3.8, 4) is 0 Å². The van der Waals surface area contributed by atoms with Crippen LogP contribution >= 0.6 is 12.4 Å². The van der Waals surface area contributed by atoms with Crippen LogP contribution in [0, 0.1) is 17.8 Å². The van der Waals surface area contributed by atoms with Crippen molar-refractivity contribution < 1.29 is 4.79 Å². The average Bonchev–Trinajstić information content (AvgIpc) is 2.71. The number of piperidine rings is 1. The molecule has 2 fully saturated rings. The predicted molar refractivity (Wildman–Crippen MR) is 81.6 cm³/mol. The second-order valence-corrected chi connectivity index (χ2v) is 6.38. The maximum atomic E-state index is 12.4. The van der Waals surface area contributed by atoms with Crippen LogP contribution in [0.4, 0.5) is 0 Å². The third kappa shape index (κ3) is 4.09. The fourth-order valence-electron chi connectivity index (χ4n) is 3.37. The summed E-state index contributed by atoms with van der Waals surface area (Å²) in [5.41, 5.74) is 0. The van der Waals surface area contributed by atoms with Crippen molar-refractivity contribution in [2.45, 2.75) is 52.5 Å². The van der Waals surface area contributed by atoms with E-state index in [1.807, 2.05) is 0 Å². The molecule has 4 unspecified atom stereocenters. The van der Waals surface area contributed by atoms with Crippen LogP contribution in [0.2, 0.25) is 0 Å². The lowest BCUT2D eigenvalue weighted by Gasteiger charge is -2.30. The van der Waals surface area contributed by atoms with Gasteiger partial charge in [0.2, 0.25) is 5.91 Å². The molecule has 2 aliphatic rings. The van der Waals surface area contributed by atoms with Crippen molar-refractivity contribution in [3.05, 3.63) is 0 Å². The first-order valence-electron chi connectivity index (χ1n) is 7.59. The zero-order valence-electron chi connectivity index (χ0n) is 12.5. The molecule has 0 aliphatic carbocycles. The molecule has 2 aliphatic heterocycles. The van der Waals surface area contributed by atoms with E-state index in [0.29, 0.717) is 29.7 Å². The van der Waals surface area contributed by atoms with Gasteiger partial charge in [0.1, 0.15) is 0 Å². The van der Waals surface area contributed by atoms with E-state index in [0.717, 1.165) is 26.1 Å². The van der Waals surface area contributed by atoms with Crippen LogP contribution < -0.4 is 5.32 Å². The third-order valence-electron chi connectivity index (χ3n) is 5.10. The molecule has 19 heavy (non-hydrogen) atoms. The normalized spacial score (nSPS) is 32.8. The number of halogens is 1. The summed E-state index contributed by atoms with van der Waals surface area (Å²) in [6, 6.07) is 0.439. The molecule has 0 aromatic rings. The van der Waals surface area contributed by atoms with Crippen LogP contribution in [0.3, 0.4) is 0 Å². The highest BCUT2D eigenvalue weighted by molar-refractivity contribution is 5.85. The maximum absolute atomic E-state index is 12.4. The minimum absolute atomic E-state index is 0. The lowest BCUT2D eigenvalue weighted by molar-refractivity contribution is -0.133. The molecule has 112 valence electrons. The molecule has 1 amide bonds. The van der Waals surface area contributed by atoms with E-state index in [2.05, 4.69) is 31.0 Å². The summed E-state index contributed by atoms with van der Waals surface area (Å²) in [6.07, 6.45) is 4.46. The molecule has 1 N–H and O–H groups in total. The number of carbonyl (C=O) groups excluding carboxylic acids is 1. The highest BCUT2D eigenvalue weighted by Crippen LogP contribution is 2.27. The Bertz CT molecular complexity index is 292. The predicted octanol–water partition coefficient (Wildman–Crippen LogP) is 2.69. The van der Waals surface area contributed by atoms with Gasteiger partial charge in [0.15, 0.2) is 0 Å². The molecule has 0 radical (unpaired) electrons. The fraction of sp³-hybridized carbons (Fsp3) is 0.933. The number of nitrogens with one attached hydrogen (secondary N) is 1. The Morgan fingerprint density at radius 3 is 2.63 bits per heavy atom. The summed E-state index contributed by atoms with van der Waals surface area (Å²) in [7, 11) is 0. The second kappa shape index (κ2) is 7.49. The quantitative estimate of drug-likeness (QED) is 0.866. The van der Waals surface area contributed by atoms with Crippen molar-refractivity contribution in [1.29, 1.82) is 0 Å². The van der Waals surface area contributed by atoms with Gasteiger partial charge in [-0.2, -0.15) is 0 Å². The molecular weight excluding hydrogens is 260 g/mol. The maximum Gasteiger partial charge on any atom is 0.223 e. The minimum Gasteiger partial charge on any atom is -0.340 e. The van der Waals surface area contributed by atoms with Gasteiger partial charge in [-0.3, -0.25) is 4.79 Å². The van der Waals surface area contributed by atoms with Crippen LogP contribution in [0.5, 0.6) is 0 Å². The second-order valence-electron chi connectivity index (χ2n) is 6.38. The van der Waals surface area contributed by atoms with Crippen molar-refractivity contribution in [2.24, 2.45) is 17.8 Å². The molecule has 0 aromatic heterocycles. The largest absolute Gasteiger partial charge is 0.340 e. The van der Waals surface area contributed by atoms with E-state index in [4.69, 9.17) is 0 Å². The number of hydrogen-bond acceptors (Lipinski definition) is 2. The first kappa shape index (κ1) is 16.8. The fourth-order valence-corrected chi connectivity index (χ4v) is 3.37. The first-order chi connectivity index (χ1) is 8.59. The molecule has 0 spiro atoms. The number of nitrogens with zero attached hydrogens (tertiary/aromatic N) is 1. The Kier molecular flexibility index (Phi) is 6.61. The highest BCUT2D eigenvalue weighted by Gasteiger charge is 2.32. The zero-order chi connectivity index (χ0) is 13.1. The molecule has 2 heterocycles. The third-order valence-corrected chi connectivity index (χ3v) is 5.10. The van der Waals surface area contributed by atoms with Gasteiger partial charge < -0.3 is 10.2 Å². The van der Waals surface area contributed by atoms with Crippen LogP contribution in [-0.4, -0.2) is 36.5 Å².